The highest BCUT2D eigenvalue weighted by atomic mass is 79.9. The van der Waals surface area contributed by atoms with Gasteiger partial charge in [0.1, 0.15) is 0 Å². The van der Waals surface area contributed by atoms with Gasteiger partial charge in [0.2, 0.25) is 0 Å². The number of hydrogen-bond donors (Lipinski definition) is 3. The van der Waals surface area contributed by atoms with E-state index in [-0.39, 0.29) is 12.1 Å². The summed E-state index contributed by atoms with van der Waals surface area (Å²) in [4.78, 5) is 14.9. The maximum atomic E-state index is 11.6. The SMILES string of the molecule is CO[C@H](C)CNC(=O)NCc1cc2cc(Br)ccc2[nH]1. The second-order valence-electron chi connectivity index (χ2n) is 4.64. The molecule has 0 aliphatic rings. The zero-order valence-electron chi connectivity index (χ0n) is 11.5. The Labute approximate surface area is 126 Å². The van der Waals surface area contributed by atoms with Gasteiger partial charge < -0.3 is 20.4 Å². The Morgan fingerprint density at radius 2 is 2.20 bits per heavy atom. The van der Waals surface area contributed by atoms with E-state index < -0.39 is 0 Å². The molecule has 108 valence electrons. The van der Waals surface area contributed by atoms with Crippen molar-refractivity contribution >= 4 is 32.9 Å². The summed E-state index contributed by atoms with van der Waals surface area (Å²) in [5.74, 6) is 0. The zero-order chi connectivity index (χ0) is 14.5. The molecule has 2 aromatic rings. The number of urea groups is 1. The first-order valence-corrected chi connectivity index (χ1v) is 7.19. The van der Waals surface area contributed by atoms with E-state index in [2.05, 4.69) is 31.5 Å². The highest BCUT2D eigenvalue weighted by Crippen LogP contribution is 2.20. The van der Waals surface area contributed by atoms with Crippen LogP contribution in [0.3, 0.4) is 0 Å². The molecule has 2 rings (SSSR count). The number of aromatic amines is 1. The van der Waals surface area contributed by atoms with Crippen LogP contribution in [0.4, 0.5) is 4.79 Å². The number of ether oxygens (including phenoxy) is 1. The van der Waals surface area contributed by atoms with Crippen LogP contribution in [0.1, 0.15) is 12.6 Å². The highest BCUT2D eigenvalue weighted by molar-refractivity contribution is 9.10. The molecule has 0 saturated heterocycles. The molecular formula is C14H18BrN3O2. The van der Waals surface area contributed by atoms with Crippen LogP contribution in [0.5, 0.6) is 0 Å². The van der Waals surface area contributed by atoms with E-state index in [4.69, 9.17) is 4.74 Å². The van der Waals surface area contributed by atoms with Crippen molar-refractivity contribution in [2.24, 2.45) is 0 Å². The molecule has 20 heavy (non-hydrogen) atoms. The molecule has 1 atom stereocenters. The molecule has 1 aromatic heterocycles. The van der Waals surface area contributed by atoms with Crippen molar-refractivity contribution in [1.82, 2.24) is 15.6 Å². The first-order valence-electron chi connectivity index (χ1n) is 6.40. The largest absolute Gasteiger partial charge is 0.380 e. The molecule has 0 radical (unpaired) electrons. The molecular weight excluding hydrogens is 322 g/mol. The quantitative estimate of drug-likeness (QED) is 0.784. The Kier molecular flexibility index (Phi) is 5.03. The molecule has 1 aromatic carbocycles. The number of carbonyl (C=O) groups excluding carboxylic acids is 1. The van der Waals surface area contributed by atoms with Crippen LogP contribution < -0.4 is 10.6 Å². The summed E-state index contributed by atoms with van der Waals surface area (Å²) in [6.45, 7) is 2.84. The average Bonchev–Trinajstić information content (AvgIpc) is 2.84. The fourth-order valence-electron chi connectivity index (χ4n) is 1.82. The number of benzene rings is 1. The molecule has 0 unspecified atom stereocenters. The standard InChI is InChI=1S/C14H18BrN3O2/c1-9(20-2)7-16-14(19)17-8-12-6-10-5-11(15)3-4-13(10)18-12/h3-6,9,18H,7-8H2,1-2H3,(H2,16,17,19)/t9-/m1/s1. The average molecular weight is 340 g/mol. The summed E-state index contributed by atoms with van der Waals surface area (Å²) in [5, 5.41) is 6.67. The van der Waals surface area contributed by atoms with Crippen LogP contribution in [-0.4, -0.2) is 30.8 Å². The normalized spacial score (nSPS) is 12.3. The Hall–Kier alpha value is -1.53. The first-order chi connectivity index (χ1) is 9.58. The topological polar surface area (TPSA) is 66.2 Å². The third-order valence-electron chi connectivity index (χ3n) is 3.03. The minimum Gasteiger partial charge on any atom is -0.380 e. The molecule has 0 saturated carbocycles. The van der Waals surface area contributed by atoms with Crippen LogP contribution >= 0.6 is 15.9 Å². The molecule has 0 fully saturated rings. The molecule has 2 amide bonds. The van der Waals surface area contributed by atoms with E-state index in [0.717, 1.165) is 21.1 Å². The van der Waals surface area contributed by atoms with E-state index in [0.29, 0.717) is 13.1 Å². The fourth-order valence-corrected chi connectivity index (χ4v) is 2.20. The van der Waals surface area contributed by atoms with Crippen molar-refractivity contribution in [2.45, 2.75) is 19.6 Å². The number of methoxy groups -OCH3 is 1. The maximum Gasteiger partial charge on any atom is 0.315 e. The monoisotopic (exact) mass is 339 g/mol. The van der Waals surface area contributed by atoms with Crippen molar-refractivity contribution in [1.29, 1.82) is 0 Å². The second kappa shape index (κ2) is 6.76. The number of halogens is 1. The lowest BCUT2D eigenvalue weighted by atomic mass is 10.2. The van der Waals surface area contributed by atoms with Crippen molar-refractivity contribution in [3.8, 4) is 0 Å². The Balaban J connectivity index is 1.87. The third kappa shape index (κ3) is 3.98. The third-order valence-corrected chi connectivity index (χ3v) is 3.52. The number of carbonyl (C=O) groups is 1. The summed E-state index contributed by atoms with van der Waals surface area (Å²) >= 11 is 3.44. The smallest absolute Gasteiger partial charge is 0.315 e. The Morgan fingerprint density at radius 1 is 1.40 bits per heavy atom. The van der Waals surface area contributed by atoms with Gasteiger partial charge in [0, 0.05) is 34.7 Å². The van der Waals surface area contributed by atoms with E-state index in [9.17, 15) is 4.79 Å². The lowest BCUT2D eigenvalue weighted by molar-refractivity contribution is 0.118. The zero-order valence-corrected chi connectivity index (χ0v) is 13.1. The Morgan fingerprint density at radius 3 is 2.95 bits per heavy atom. The second-order valence-corrected chi connectivity index (χ2v) is 5.55. The minimum atomic E-state index is -0.200. The van der Waals surface area contributed by atoms with Gasteiger partial charge in [-0.05, 0) is 31.2 Å². The fraction of sp³-hybridized carbons (Fsp3) is 0.357. The van der Waals surface area contributed by atoms with Gasteiger partial charge in [-0.25, -0.2) is 4.79 Å². The van der Waals surface area contributed by atoms with E-state index in [1.165, 1.54) is 0 Å². The lowest BCUT2D eigenvalue weighted by Gasteiger charge is -2.11. The van der Waals surface area contributed by atoms with Crippen molar-refractivity contribution < 1.29 is 9.53 Å². The van der Waals surface area contributed by atoms with E-state index in [1.807, 2.05) is 31.2 Å². The van der Waals surface area contributed by atoms with Crippen LogP contribution in [-0.2, 0) is 11.3 Å². The number of amides is 2. The number of rotatable bonds is 5. The molecule has 1 heterocycles. The van der Waals surface area contributed by atoms with Gasteiger partial charge >= 0.3 is 6.03 Å². The van der Waals surface area contributed by atoms with Gasteiger partial charge in [-0.2, -0.15) is 0 Å². The van der Waals surface area contributed by atoms with Gasteiger partial charge in [-0.1, -0.05) is 15.9 Å². The maximum absolute atomic E-state index is 11.6. The summed E-state index contributed by atoms with van der Waals surface area (Å²) < 4.78 is 6.10. The minimum absolute atomic E-state index is 0.00572. The lowest BCUT2D eigenvalue weighted by Crippen LogP contribution is -2.39. The summed E-state index contributed by atoms with van der Waals surface area (Å²) in [6.07, 6.45) is 0.00572. The molecule has 0 bridgehead atoms. The van der Waals surface area contributed by atoms with E-state index in [1.54, 1.807) is 7.11 Å². The van der Waals surface area contributed by atoms with Crippen molar-refractivity contribution in [3.63, 3.8) is 0 Å². The predicted molar refractivity (Wildman–Crippen MR) is 82.7 cm³/mol. The molecule has 0 aliphatic carbocycles. The highest BCUT2D eigenvalue weighted by Gasteiger charge is 2.05. The molecule has 0 aliphatic heterocycles. The number of aromatic nitrogens is 1. The van der Waals surface area contributed by atoms with Gasteiger partial charge in [0.25, 0.3) is 0 Å². The molecule has 6 heteroatoms. The van der Waals surface area contributed by atoms with Crippen molar-refractivity contribution in [2.75, 3.05) is 13.7 Å². The van der Waals surface area contributed by atoms with Gasteiger partial charge in [0.05, 0.1) is 12.6 Å². The van der Waals surface area contributed by atoms with Gasteiger partial charge in [0.15, 0.2) is 0 Å². The number of nitrogens with one attached hydrogen (secondary N) is 3. The number of hydrogen-bond acceptors (Lipinski definition) is 2. The summed E-state index contributed by atoms with van der Waals surface area (Å²) in [7, 11) is 1.62. The molecule has 3 N–H and O–H groups in total. The molecule has 0 spiro atoms. The predicted octanol–water partition coefficient (Wildman–Crippen LogP) is 2.76. The molecule has 5 nitrogen and oxygen atoms in total. The number of H-pyrrole nitrogens is 1. The van der Waals surface area contributed by atoms with Gasteiger partial charge in [-0.15, -0.1) is 0 Å². The van der Waals surface area contributed by atoms with Gasteiger partial charge in [-0.3, -0.25) is 0 Å². The van der Waals surface area contributed by atoms with Crippen molar-refractivity contribution in [3.05, 3.63) is 34.4 Å². The number of fused-ring (bicyclic) bond motifs is 1. The summed E-state index contributed by atoms with van der Waals surface area (Å²) in [6, 6.07) is 7.85. The summed E-state index contributed by atoms with van der Waals surface area (Å²) in [5.41, 5.74) is 2.02. The van der Waals surface area contributed by atoms with Crippen LogP contribution in [0.25, 0.3) is 10.9 Å². The Bertz CT molecular complexity index is 597. The van der Waals surface area contributed by atoms with Crippen LogP contribution in [0, 0.1) is 0 Å². The first kappa shape index (κ1) is 14.9. The van der Waals surface area contributed by atoms with Crippen LogP contribution in [0.2, 0.25) is 0 Å². The van der Waals surface area contributed by atoms with E-state index >= 15 is 0 Å². The van der Waals surface area contributed by atoms with Crippen LogP contribution in [0.15, 0.2) is 28.7 Å².